The van der Waals surface area contributed by atoms with Crippen LogP contribution in [0.25, 0.3) is 34.0 Å². The molecule has 0 unspecified atom stereocenters. The van der Waals surface area contributed by atoms with Crippen LogP contribution < -0.4 is 0 Å². The molecule has 1 fully saturated rings. The number of hydrogen-bond acceptors (Lipinski definition) is 5. The van der Waals surface area contributed by atoms with E-state index < -0.39 is 0 Å². The van der Waals surface area contributed by atoms with E-state index in [1.54, 1.807) is 30.5 Å². The molecule has 1 aliphatic rings. The van der Waals surface area contributed by atoms with Crippen LogP contribution in [0.2, 0.25) is 0 Å². The first kappa shape index (κ1) is 22.3. The summed E-state index contributed by atoms with van der Waals surface area (Å²) in [5, 5.41) is 0. The average molecular weight is 462 g/mol. The van der Waals surface area contributed by atoms with Crippen LogP contribution in [0, 0.1) is 11.6 Å². The molecule has 0 atom stereocenters. The zero-order chi connectivity index (χ0) is 23.3. The number of aromatic nitrogens is 4. The van der Waals surface area contributed by atoms with Crippen LogP contribution >= 0.6 is 0 Å². The van der Waals surface area contributed by atoms with E-state index >= 15 is 0 Å². The maximum atomic E-state index is 13.6. The van der Waals surface area contributed by atoms with Gasteiger partial charge in [-0.05, 0) is 61.0 Å². The highest BCUT2D eigenvalue weighted by atomic mass is 19.1. The lowest BCUT2D eigenvalue weighted by atomic mass is 10.1. The number of ether oxygens (including phenoxy) is 1. The molecule has 0 radical (unpaired) electrons. The Morgan fingerprint density at radius 2 is 1.47 bits per heavy atom. The minimum Gasteiger partial charge on any atom is -0.379 e. The third kappa shape index (κ3) is 5.03. The molecule has 34 heavy (non-hydrogen) atoms. The lowest BCUT2D eigenvalue weighted by Crippen LogP contribution is -2.37. The summed E-state index contributed by atoms with van der Waals surface area (Å²) in [6.07, 6.45) is 4.45. The molecule has 0 saturated carbocycles. The lowest BCUT2D eigenvalue weighted by molar-refractivity contribution is 0.0369. The standard InChI is InChI=1S/C26H25F2N5O/c27-21-6-2-19(3-7-21)24-25(33(18-30-24)13-1-12-32-14-16-34-17-15-32)23-10-11-29-26(31-23)20-4-8-22(28)9-5-20/h2-11,18H,1,12-17H2. The number of imidazole rings is 1. The molecular formula is C26H25F2N5O. The van der Waals surface area contributed by atoms with Crippen molar-refractivity contribution in [3.05, 3.63) is 78.8 Å². The number of nitrogens with zero attached hydrogens (tertiary/aromatic N) is 5. The summed E-state index contributed by atoms with van der Waals surface area (Å²) in [6, 6.07) is 14.3. The number of hydrogen-bond donors (Lipinski definition) is 0. The van der Waals surface area contributed by atoms with E-state index in [1.807, 2.05) is 12.4 Å². The molecule has 2 aromatic carbocycles. The first-order valence-corrected chi connectivity index (χ1v) is 11.4. The Morgan fingerprint density at radius 3 is 2.18 bits per heavy atom. The van der Waals surface area contributed by atoms with Crippen molar-refractivity contribution in [1.82, 2.24) is 24.4 Å². The third-order valence-electron chi connectivity index (χ3n) is 5.93. The fourth-order valence-corrected chi connectivity index (χ4v) is 4.16. The zero-order valence-corrected chi connectivity index (χ0v) is 18.7. The van der Waals surface area contributed by atoms with Gasteiger partial charge in [-0.3, -0.25) is 4.90 Å². The van der Waals surface area contributed by atoms with Gasteiger partial charge in [0.2, 0.25) is 0 Å². The highest BCUT2D eigenvalue weighted by Gasteiger charge is 2.18. The monoisotopic (exact) mass is 461 g/mol. The van der Waals surface area contributed by atoms with Crippen LogP contribution in [0.3, 0.4) is 0 Å². The normalized spacial score (nSPS) is 14.4. The van der Waals surface area contributed by atoms with Crippen LogP contribution in [0.15, 0.2) is 67.1 Å². The van der Waals surface area contributed by atoms with Gasteiger partial charge in [-0.15, -0.1) is 0 Å². The number of aryl methyl sites for hydroxylation is 1. The van der Waals surface area contributed by atoms with Crippen LogP contribution in [0.5, 0.6) is 0 Å². The molecule has 0 aliphatic carbocycles. The van der Waals surface area contributed by atoms with E-state index in [2.05, 4.69) is 19.4 Å². The predicted molar refractivity (Wildman–Crippen MR) is 126 cm³/mol. The quantitative estimate of drug-likeness (QED) is 0.400. The highest BCUT2D eigenvalue weighted by Crippen LogP contribution is 2.31. The van der Waals surface area contributed by atoms with Gasteiger partial charge < -0.3 is 9.30 Å². The van der Waals surface area contributed by atoms with Crippen molar-refractivity contribution >= 4 is 0 Å². The minimum absolute atomic E-state index is 0.295. The number of halogens is 2. The molecule has 1 aliphatic heterocycles. The Morgan fingerprint density at radius 1 is 0.794 bits per heavy atom. The van der Waals surface area contributed by atoms with Crippen molar-refractivity contribution in [3.63, 3.8) is 0 Å². The Labute approximate surface area is 196 Å². The zero-order valence-electron chi connectivity index (χ0n) is 18.7. The number of benzene rings is 2. The van der Waals surface area contributed by atoms with E-state index in [9.17, 15) is 8.78 Å². The molecule has 4 aromatic rings. The molecule has 2 aromatic heterocycles. The van der Waals surface area contributed by atoms with Gasteiger partial charge in [-0.2, -0.15) is 0 Å². The molecule has 5 rings (SSSR count). The minimum atomic E-state index is -0.308. The first-order chi connectivity index (χ1) is 16.7. The van der Waals surface area contributed by atoms with E-state index in [0.717, 1.165) is 68.3 Å². The maximum absolute atomic E-state index is 13.6. The number of rotatable bonds is 7. The number of morpholine rings is 1. The van der Waals surface area contributed by atoms with E-state index in [1.165, 1.54) is 24.3 Å². The smallest absolute Gasteiger partial charge is 0.159 e. The summed E-state index contributed by atoms with van der Waals surface area (Å²) in [7, 11) is 0. The van der Waals surface area contributed by atoms with E-state index in [4.69, 9.17) is 9.72 Å². The van der Waals surface area contributed by atoms with Gasteiger partial charge >= 0.3 is 0 Å². The summed E-state index contributed by atoms with van der Waals surface area (Å²) in [5.74, 6) is -0.101. The molecule has 3 heterocycles. The molecule has 0 amide bonds. The van der Waals surface area contributed by atoms with Crippen molar-refractivity contribution in [3.8, 4) is 34.0 Å². The van der Waals surface area contributed by atoms with Crippen LogP contribution in [-0.2, 0) is 11.3 Å². The Kier molecular flexibility index (Phi) is 6.69. The second kappa shape index (κ2) is 10.2. The fraction of sp³-hybridized carbons (Fsp3) is 0.269. The molecule has 0 bridgehead atoms. The average Bonchev–Trinajstić information content (AvgIpc) is 3.29. The van der Waals surface area contributed by atoms with Crippen molar-refractivity contribution in [2.45, 2.75) is 13.0 Å². The maximum Gasteiger partial charge on any atom is 0.159 e. The lowest BCUT2D eigenvalue weighted by Gasteiger charge is -2.26. The largest absolute Gasteiger partial charge is 0.379 e. The second-order valence-electron chi connectivity index (χ2n) is 8.22. The van der Waals surface area contributed by atoms with Crippen molar-refractivity contribution in [1.29, 1.82) is 0 Å². The van der Waals surface area contributed by atoms with Gasteiger partial charge in [0.25, 0.3) is 0 Å². The van der Waals surface area contributed by atoms with Crippen molar-refractivity contribution < 1.29 is 13.5 Å². The molecular weight excluding hydrogens is 436 g/mol. The van der Waals surface area contributed by atoms with Gasteiger partial charge in [0.05, 0.1) is 36.6 Å². The Hall–Kier alpha value is -3.49. The van der Waals surface area contributed by atoms with Crippen molar-refractivity contribution in [2.24, 2.45) is 0 Å². The van der Waals surface area contributed by atoms with Gasteiger partial charge in [0.15, 0.2) is 5.82 Å². The summed E-state index contributed by atoms with van der Waals surface area (Å²) < 4.78 is 34.5. The molecule has 0 N–H and O–H groups in total. The van der Waals surface area contributed by atoms with E-state index in [0.29, 0.717) is 11.5 Å². The molecule has 6 nitrogen and oxygen atoms in total. The van der Waals surface area contributed by atoms with E-state index in [-0.39, 0.29) is 11.6 Å². The topological polar surface area (TPSA) is 56.1 Å². The third-order valence-corrected chi connectivity index (χ3v) is 5.93. The molecule has 8 heteroatoms. The second-order valence-corrected chi connectivity index (χ2v) is 8.22. The molecule has 1 saturated heterocycles. The summed E-state index contributed by atoms with van der Waals surface area (Å²) >= 11 is 0. The predicted octanol–water partition coefficient (Wildman–Crippen LogP) is 4.67. The summed E-state index contributed by atoms with van der Waals surface area (Å²) in [5.41, 5.74) is 3.82. The van der Waals surface area contributed by atoms with Crippen LogP contribution in [-0.4, -0.2) is 57.3 Å². The van der Waals surface area contributed by atoms with Gasteiger partial charge in [-0.1, -0.05) is 0 Å². The van der Waals surface area contributed by atoms with Gasteiger partial charge in [0, 0.05) is 43.5 Å². The van der Waals surface area contributed by atoms with Crippen LogP contribution in [0.4, 0.5) is 8.78 Å². The molecule has 0 spiro atoms. The highest BCUT2D eigenvalue weighted by molar-refractivity contribution is 5.77. The van der Waals surface area contributed by atoms with Crippen LogP contribution in [0.1, 0.15) is 6.42 Å². The van der Waals surface area contributed by atoms with Gasteiger partial charge in [-0.25, -0.2) is 23.7 Å². The summed E-state index contributed by atoms with van der Waals surface area (Å²) in [6.45, 7) is 5.18. The first-order valence-electron chi connectivity index (χ1n) is 11.4. The van der Waals surface area contributed by atoms with Gasteiger partial charge in [0.1, 0.15) is 11.6 Å². The Bertz CT molecular complexity index is 1240. The Balaban J connectivity index is 1.48. The summed E-state index contributed by atoms with van der Waals surface area (Å²) in [4.78, 5) is 16.2. The van der Waals surface area contributed by atoms with Crippen molar-refractivity contribution in [2.75, 3.05) is 32.8 Å². The fourth-order valence-electron chi connectivity index (χ4n) is 4.16. The SMILES string of the molecule is Fc1ccc(-c2nccc(-c3c(-c4ccc(F)cc4)ncn3CCCN3CCOCC3)n2)cc1. The molecule has 174 valence electrons.